The Labute approximate surface area is 120 Å². The minimum Gasteiger partial charge on any atom is -0.325 e. The lowest BCUT2D eigenvalue weighted by Gasteiger charge is -1.95. The molecular weight excluding hydrogens is 302 g/mol. The summed E-state index contributed by atoms with van der Waals surface area (Å²) in [4.78, 5) is -0.0666. The quantitative estimate of drug-likeness (QED) is 0.807. The van der Waals surface area contributed by atoms with Crippen LogP contribution < -0.4 is 5.73 Å². The van der Waals surface area contributed by atoms with E-state index in [4.69, 9.17) is 10.3 Å². The van der Waals surface area contributed by atoms with Crippen molar-refractivity contribution in [2.45, 2.75) is 24.8 Å². The molecule has 0 aliphatic carbocycles. The van der Waals surface area contributed by atoms with Crippen molar-refractivity contribution in [3.05, 3.63) is 41.3 Å². The van der Waals surface area contributed by atoms with Crippen LogP contribution in [0.5, 0.6) is 0 Å². The van der Waals surface area contributed by atoms with Gasteiger partial charge in [-0.3, -0.25) is 4.55 Å². The van der Waals surface area contributed by atoms with Gasteiger partial charge >= 0.3 is 0 Å². The van der Waals surface area contributed by atoms with E-state index in [0.717, 1.165) is 17.2 Å². The molecule has 20 heavy (non-hydrogen) atoms. The maximum absolute atomic E-state index is 10.5. The summed E-state index contributed by atoms with van der Waals surface area (Å²) in [5, 5.41) is 1.11. The van der Waals surface area contributed by atoms with Crippen molar-refractivity contribution in [2.24, 2.45) is 5.73 Å². The van der Waals surface area contributed by atoms with Crippen LogP contribution in [0.15, 0.2) is 40.6 Å². The van der Waals surface area contributed by atoms with Gasteiger partial charge in [-0.2, -0.15) is 8.42 Å². The van der Waals surface area contributed by atoms with Crippen LogP contribution in [0.4, 0.5) is 0 Å². The lowest BCUT2D eigenvalue weighted by molar-refractivity contribution is 0.483. The van der Waals surface area contributed by atoms with Crippen LogP contribution in [-0.4, -0.2) is 33.7 Å². The summed E-state index contributed by atoms with van der Waals surface area (Å²) < 4.78 is 50.3. The molecule has 0 heterocycles. The maximum atomic E-state index is 10.5. The van der Waals surface area contributed by atoms with Gasteiger partial charge in [-0.15, -0.1) is 0 Å². The van der Waals surface area contributed by atoms with E-state index in [2.05, 4.69) is 0 Å². The van der Waals surface area contributed by atoms with Crippen molar-refractivity contribution >= 4 is 20.0 Å². The highest BCUT2D eigenvalue weighted by atomic mass is 32.2. The summed E-state index contributed by atoms with van der Waals surface area (Å²) in [5.74, 6) is 0. The third-order valence-corrected chi connectivity index (χ3v) is 3.47. The molecule has 0 saturated heterocycles. The van der Waals surface area contributed by atoms with E-state index in [1.54, 1.807) is 19.1 Å². The summed E-state index contributed by atoms with van der Waals surface area (Å²) in [6, 6.07) is 5.79. The predicted octanol–water partition coefficient (Wildman–Crippen LogP) is 1.13. The first-order chi connectivity index (χ1) is 8.92. The monoisotopic (exact) mass is 321 g/mol. The van der Waals surface area contributed by atoms with Crippen LogP contribution in [0.25, 0.3) is 0 Å². The molecule has 1 atom stereocenters. The third kappa shape index (κ3) is 9.68. The number of benzene rings is 1. The fourth-order valence-corrected chi connectivity index (χ4v) is 1.99. The Hall–Kier alpha value is -1.22. The zero-order valence-corrected chi connectivity index (χ0v) is 13.1. The van der Waals surface area contributed by atoms with Crippen LogP contribution in [0.2, 0.25) is 0 Å². The number of rotatable bonds is 3. The van der Waals surface area contributed by atoms with Crippen molar-refractivity contribution in [1.29, 1.82) is 0 Å². The summed E-state index contributed by atoms with van der Waals surface area (Å²) in [5.41, 5.74) is 6.20. The molecule has 0 aromatic heterocycles. The lowest BCUT2D eigenvalue weighted by atomic mass is 10.2. The van der Waals surface area contributed by atoms with Gasteiger partial charge in [-0.1, -0.05) is 23.8 Å². The van der Waals surface area contributed by atoms with Gasteiger partial charge in [-0.05, 0) is 26.0 Å². The molecule has 0 saturated carbocycles. The second-order valence-corrected chi connectivity index (χ2v) is 7.66. The zero-order chi connectivity index (χ0) is 16.0. The Bertz CT molecular complexity index is 644. The molecule has 1 rings (SSSR count). The van der Waals surface area contributed by atoms with E-state index in [0.29, 0.717) is 0 Å². The van der Waals surface area contributed by atoms with Crippen molar-refractivity contribution in [3.63, 3.8) is 0 Å². The van der Waals surface area contributed by atoms with Crippen LogP contribution >= 0.6 is 0 Å². The van der Waals surface area contributed by atoms with Crippen molar-refractivity contribution in [1.82, 2.24) is 0 Å². The lowest BCUT2D eigenvalue weighted by Crippen LogP contribution is -2.10. The summed E-state index contributed by atoms with van der Waals surface area (Å²) in [7, 11) is -7.00. The van der Waals surface area contributed by atoms with Crippen molar-refractivity contribution < 1.29 is 21.4 Å². The highest BCUT2D eigenvalue weighted by Gasteiger charge is 2.06. The van der Waals surface area contributed by atoms with E-state index >= 15 is 0 Å². The Morgan fingerprint density at radius 1 is 1.15 bits per heavy atom. The van der Waals surface area contributed by atoms with Gasteiger partial charge in [0.2, 0.25) is 0 Å². The predicted molar refractivity (Wildman–Crippen MR) is 78.6 cm³/mol. The van der Waals surface area contributed by atoms with E-state index in [-0.39, 0.29) is 10.9 Å². The number of hydrogen-bond donors (Lipinski definition) is 2. The minimum atomic E-state index is -4.02. The molecule has 0 spiro atoms. The molecule has 0 fully saturated rings. The van der Waals surface area contributed by atoms with Crippen molar-refractivity contribution in [3.8, 4) is 0 Å². The smallest absolute Gasteiger partial charge is 0.294 e. The fraction of sp³-hybridized carbons (Fsp3) is 0.333. The van der Waals surface area contributed by atoms with Gasteiger partial charge in [0, 0.05) is 17.7 Å². The molecule has 8 heteroatoms. The summed E-state index contributed by atoms with van der Waals surface area (Å²) in [6.45, 7) is 3.55. The highest BCUT2D eigenvalue weighted by Crippen LogP contribution is 2.08. The second-order valence-electron chi connectivity index (χ2n) is 4.31. The molecule has 114 valence electrons. The van der Waals surface area contributed by atoms with Crippen LogP contribution in [0, 0.1) is 6.92 Å². The molecule has 3 N–H and O–H groups in total. The molecule has 1 unspecified atom stereocenters. The first-order valence-corrected chi connectivity index (χ1v) is 8.99. The van der Waals surface area contributed by atoms with Gasteiger partial charge in [-0.25, -0.2) is 8.42 Å². The van der Waals surface area contributed by atoms with E-state index in [9.17, 15) is 16.8 Å². The van der Waals surface area contributed by atoms with Crippen LogP contribution in [0.1, 0.15) is 12.5 Å². The Morgan fingerprint density at radius 2 is 1.60 bits per heavy atom. The van der Waals surface area contributed by atoms with Gasteiger partial charge in [0.1, 0.15) is 0 Å². The normalized spacial score (nSPS) is 13.7. The van der Waals surface area contributed by atoms with Gasteiger partial charge in [0.25, 0.3) is 10.1 Å². The summed E-state index contributed by atoms with van der Waals surface area (Å²) in [6.07, 6.45) is 2.57. The molecule has 0 amide bonds. The Morgan fingerprint density at radius 3 is 1.85 bits per heavy atom. The first kappa shape index (κ1) is 18.8. The molecule has 0 aliphatic rings. The number of hydrogen-bond acceptors (Lipinski definition) is 5. The fourth-order valence-electron chi connectivity index (χ4n) is 0.977. The molecule has 0 aliphatic heterocycles. The van der Waals surface area contributed by atoms with E-state index in [1.165, 1.54) is 18.2 Å². The standard InChI is InChI=1S/C7H8O3S.C5H11NO2S/c1-6-2-4-7(5-3-6)11(8,9)10;1-5(6)3-4-9(2,7)8/h2-5H,1H3,(H,8,9,10);3-5H,6H2,1-2H3. The number of aryl methyl sites for hydroxylation is 1. The SMILES string of the molecule is CC(N)C=CS(C)(=O)=O.Cc1ccc(S(=O)(=O)O)cc1. The largest absolute Gasteiger partial charge is 0.325 e. The molecule has 1 aromatic rings. The average molecular weight is 321 g/mol. The van der Waals surface area contributed by atoms with Crippen LogP contribution in [-0.2, 0) is 20.0 Å². The topological polar surface area (TPSA) is 115 Å². The summed E-state index contributed by atoms with van der Waals surface area (Å²) >= 11 is 0. The van der Waals surface area contributed by atoms with E-state index in [1.807, 2.05) is 6.92 Å². The van der Waals surface area contributed by atoms with Gasteiger partial charge in [0.05, 0.1) is 4.90 Å². The molecule has 6 nitrogen and oxygen atoms in total. The number of sulfone groups is 1. The molecule has 0 radical (unpaired) electrons. The Kier molecular flexibility index (Phi) is 7.07. The minimum absolute atomic E-state index is 0.0666. The molecule has 1 aromatic carbocycles. The first-order valence-electron chi connectivity index (χ1n) is 5.60. The third-order valence-electron chi connectivity index (χ3n) is 1.95. The Balaban J connectivity index is 0.000000370. The average Bonchev–Trinajstić information content (AvgIpc) is 2.26. The van der Waals surface area contributed by atoms with Gasteiger partial charge in [0.15, 0.2) is 9.84 Å². The van der Waals surface area contributed by atoms with Gasteiger partial charge < -0.3 is 5.73 Å². The highest BCUT2D eigenvalue weighted by molar-refractivity contribution is 7.93. The van der Waals surface area contributed by atoms with Crippen molar-refractivity contribution in [2.75, 3.05) is 6.26 Å². The van der Waals surface area contributed by atoms with E-state index < -0.39 is 20.0 Å². The number of nitrogens with two attached hydrogens (primary N) is 1. The van der Waals surface area contributed by atoms with Crippen LogP contribution in [0.3, 0.4) is 0 Å². The molecule has 0 bridgehead atoms. The maximum Gasteiger partial charge on any atom is 0.294 e. The zero-order valence-electron chi connectivity index (χ0n) is 11.5. The second kappa shape index (κ2) is 7.53. The molecular formula is C12H19NO5S2.